The summed E-state index contributed by atoms with van der Waals surface area (Å²) in [5.74, 6) is 1.08. The second kappa shape index (κ2) is 5.71. The van der Waals surface area contributed by atoms with Gasteiger partial charge in [-0.25, -0.2) is 0 Å². The molecule has 0 spiro atoms. The molecular formula is C13H19NOS. The van der Waals surface area contributed by atoms with E-state index in [1.807, 2.05) is 11.8 Å². The van der Waals surface area contributed by atoms with Crippen LogP contribution in [-0.2, 0) is 0 Å². The second-order valence-electron chi connectivity index (χ2n) is 4.25. The standard InChI is InChI=1S/C13H19NOS/c1-2-5-10(15)8-14-12-9-16-13-7-4-3-6-11(12)13/h3-4,6-7,10,12,14-15H,2,5,8-9H2,1H3. The molecule has 3 heteroatoms. The summed E-state index contributed by atoms with van der Waals surface area (Å²) in [6.45, 7) is 2.80. The fourth-order valence-electron chi connectivity index (χ4n) is 2.05. The topological polar surface area (TPSA) is 32.3 Å². The van der Waals surface area contributed by atoms with Gasteiger partial charge in [-0.15, -0.1) is 11.8 Å². The molecule has 1 aromatic carbocycles. The number of fused-ring (bicyclic) bond motifs is 1. The predicted molar refractivity (Wildman–Crippen MR) is 68.8 cm³/mol. The van der Waals surface area contributed by atoms with Crippen molar-refractivity contribution >= 4 is 11.8 Å². The molecule has 2 atom stereocenters. The highest BCUT2D eigenvalue weighted by molar-refractivity contribution is 7.99. The van der Waals surface area contributed by atoms with E-state index in [1.54, 1.807) is 0 Å². The highest BCUT2D eigenvalue weighted by Gasteiger charge is 2.22. The Morgan fingerprint density at radius 2 is 2.31 bits per heavy atom. The molecule has 0 aliphatic carbocycles. The van der Waals surface area contributed by atoms with E-state index in [2.05, 4.69) is 36.5 Å². The van der Waals surface area contributed by atoms with E-state index in [0.29, 0.717) is 12.6 Å². The largest absolute Gasteiger partial charge is 0.392 e. The van der Waals surface area contributed by atoms with Gasteiger partial charge in [0.25, 0.3) is 0 Å². The molecule has 2 rings (SSSR count). The minimum Gasteiger partial charge on any atom is -0.392 e. The lowest BCUT2D eigenvalue weighted by molar-refractivity contribution is 0.157. The second-order valence-corrected chi connectivity index (χ2v) is 5.31. The van der Waals surface area contributed by atoms with Gasteiger partial charge >= 0.3 is 0 Å². The summed E-state index contributed by atoms with van der Waals surface area (Å²) in [6, 6.07) is 8.93. The monoisotopic (exact) mass is 237 g/mol. The van der Waals surface area contributed by atoms with Gasteiger partial charge in [0.05, 0.1) is 6.10 Å². The molecule has 0 bridgehead atoms. The van der Waals surface area contributed by atoms with Crippen molar-refractivity contribution in [3.63, 3.8) is 0 Å². The van der Waals surface area contributed by atoms with Gasteiger partial charge in [0, 0.05) is 23.2 Å². The predicted octanol–water partition coefficient (Wildman–Crippen LogP) is 2.58. The summed E-state index contributed by atoms with van der Waals surface area (Å²) in [5.41, 5.74) is 1.39. The third kappa shape index (κ3) is 2.78. The molecule has 1 heterocycles. The average Bonchev–Trinajstić information content (AvgIpc) is 2.70. The Hall–Kier alpha value is -0.510. The average molecular weight is 237 g/mol. The van der Waals surface area contributed by atoms with E-state index < -0.39 is 0 Å². The molecule has 0 aromatic heterocycles. The maximum atomic E-state index is 9.69. The zero-order valence-electron chi connectivity index (χ0n) is 9.65. The smallest absolute Gasteiger partial charge is 0.0664 e. The van der Waals surface area contributed by atoms with Crippen molar-refractivity contribution in [2.24, 2.45) is 0 Å². The molecule has 88 valence electrons. The third-order valence-electron chi connectivity index (χ3n) is 2.92. The number of aliphatic hydroxyl groups excluding tert-OH is 1. The number of rotatable bonds is 5. The lowest BCUT2D eigenvalue weighted by Crippen LogP contribution is -2.30. The minimum absolute atomic E-state index is 0.206. The molecule has 0 saturated heterocycles. The van der Waals surface area contributed by atoms with Gasteiger partial charge in [0.2, 0.25) is 0 Å². The van der Waals surface area contributed by atoms with Gasteiger partial charge in [-0.1, -0.05) is 31.5 Å². The van der Waals surface area contributed by atoms with E-state index in [9.17, 15) is 5.11 Å². The molecule has 1 aliphatic heterocycles. The number of nitrogens with one attached hydrogen (secondary N) is 1. The van der Waals surface area contributed by atoms with Crippen molar-refractivity contribution in [2.75, 3.05) is 12.3 Å². The Kier molecular flexibility index (Phi) is 4.27. The highest BCUT2D eigenvalue weighted by atomic mass is 32.2. The summed E-state index contributed by atoms with van der Waals surface area (Å²) in [7, 11) is 0. The molecule has 16 heavy (non-hydrogen) atoms. The molecule has 2 nitrogen and oxygen atoms in total. The van der Waals surface area contributed by atoms with Crippen LogP contribution in [0.5, 0.6) is 0 Å². The zero-order valence-corrected chi connectivity index (χ0v) is 10.5. The zero-order chi connectivity index (χ0) is 11.4. The number of aliphatic hydroxyl groups is 1. The molecule has 0 radical (unpaired) electrons. The van der Waals surface area contributed by atoms with Crippen LogP contribution in [-0.4, -0.2) is 23.5 Å². The lowest BCUT2D eigenvalue weighted by Gasteiger charge is -2.16. The quantitative estimate of drug-likeness (QED) is 0.825. The molecule has 0 amide bonds. The summed E-state index contributed by atoms with van der Waals surface area (Å²) in [6.07, 6.45) is 1.72. The SMILES string of the molecule is CCCC(O)CNC1CSc2ccccc21. The molecule has 2 unspecified atom stereocenters. The van der Waals surface area contributed by atoms with Crippen molar-refractivity contribution in [3.05, 3.63) is 29.8 Å². The van der Waals surface area contributed by atoms with Crippen LogP contribution in [0.2, 0.25) is 0 Å². The van der Waals surface area contributed by atoms with E-state index in [1.165, 1.54) is 10.5 Å². The third-order valence-corrected chi connectivity index (χ3v) is 4.10. The van der Waals surface area contributed by atoms with Crippen LogP contribution >= 0.6 is 11.8 Å². The van der Waals surface area contributed by atoms with Crippen LogP contribution < -0.4 is 5.32 Å². The summed E-state index contributed by atoms with van der Waals surface area (Å²) >= 11 is 1.90. The molecule has 1 aliphatic rings. The lowest BCUT2D eigenvalue weighted by atomic mass is 10.1. The Labute approximate surface area is 101 Å². The normalized spacial score (nSPS) is 20.8. The Bertz CT molecular complexity index is 342. The molecular weight excluding hydrogens is 218 g/mol. The fraction of sp³-hybridized carbons (Fsp3) is 0.538. The summed E-state index contributed by atoms with van der Waals surface area (Å²) in [5, 5.41) is 13.1. The fourth-order valence-corrected chi connectivity index (χ4v) is 3.24. The van der Waals surface area contributed by atoms with Gasteiger partial charge in [-0.05, 0) is 18.1 Å². The van der Waals surface area contributed by atoms with Gasteiger partial charge in [-0.3, -0.25) is 0 Å². The Balaban J connectivity index is 1.88. The van der Waals surface area contributed by atoms with E-state index in [-0.39, 0.29) is 6.10 Å². The minimum atomic E-state index is -0.206. The van der Waals surface area contributed by atoms with Crippen molar-refractivity contribution in [1.29, 1.82) is 0 Å². The van der Waals surface area contributed by atoms with E-state index >= 15 is 0 Å². The van der Waals surface area contributed by atoms with Crippen LogP contribution in [0, 0.1) is 0 Å². The van der Waals surface area contributed by atoms with Crippen molar-refractivity contribution in [1.82, 2.24) is 5.32 Å². The molecule has 1 aromatic rings. The van der Waals surface area contributed by atoms with E-state index in [0.717, 1.165) is 18.6 Å². The first-order valence-electron chi connectivity index (χ1n) is 5.94. The maximum absolute atomic E-state index is 9.69. The summed E-state index contributed by atoms with van der Waals surface area (Å²) < 4.78 is 0. The number of hydrogen-bond donors (Lipinski definition) is 2. The van der Waals surface area contributed by atoms with Crippen LogP contribution in [0.4, 0.5) is 0 Å². The van der Waals surface area contributed by atoms with Gasteiger partial charge < -0.3 is 10.4 Å². The first-order valence-corrected chi connectivity index (χ1v) is 6.93. The number of thioether (sulfide) groups is 1. The first-order chi connectivity index (χ1) is 7.81. The molecule has 2 N–H and O–H groups in total. The van der Waals surface area contributed by atoms with Gasteiger partial charge in [0.1, 0.15) is 0 Å². The van der Waals surface area contributed by atoms with Crippen molar-refractivity contribution < 1.29 is 5.11 Å². The molecule has 0 saturated carbocycles. The van der Waals surface area contributed by atoms with Crippen LogP contribution in [0.25, 0.3) is 0 Å². The molecule has 0 fully saturated rings. The van der Waals surface area contributed by atoms with Crippen molar-refractivity contribution in [2.45, 2.75) is 36.8 Å². The van der Waals surface area contributed by atoms with Crippen molar-refractivity contribution in [3.8, 4) is 0 Å². The van der Waals surface area contributed by atoms with Crippen LogP contribution in [0.15, 0.2) is 29.2 Å². The van der Waals surface area contributed by atoms with Gasteiger partial charge in [-0.2, -0.15) is 0 Å². The highest BCUT2D eigenvalue weighted by Crippen LogP contribution is 2.37. The number of benzene rings is 1. The number of hydrogen-bond acceptors (Lipinski definition) is 3. The van der Waals surface area contributed by atoms with Crippen LogP contribution in [0.3, 0.4) is 0 Å². The van der Waals surface area contributed by atoms with Gasteiger partial charge in [0.15, 0.2) is 0 Å². The van der Waals surface area contributed by atoms with E-state index in [4.69, 9.17) is 0 Å². The first kappa shape index (κ1) is 12.0. The summed E-state index contributed by atoms with van der Waals surface area (Å²) in [4.78, 5) is 1.38. The maximum Gasteiger partial charge on any atom is 0.0664 e. The Morgan fingerprint density at radius 1 is 1.50 bits per heavy atom. The van der Waals surface area contributed by atoms with Crippen LogP contribution in [0.1, 0.15) is 31.4 Å². The Morgan fingerprint density at radius 3 is 3.12 bits per heavy atom.